The second-order valence-electron chi connectivity index (χ2n) is 4.00. The van der Waals surface area contributed by atoms with Crippen LogP contribution in [0.1, 0.15) is 13.3 Å². The second-order valence-corrected chi connectivity index (χ2v) is 4.92. The number of nitrogens with zero attached hydrogens (tertiary/aromatic N) is 1. The van der Waals surface area contributed by atoms with Crippen LogP contribution < -0.4 is 5.32 Å². The minimum Gasteiger partial charge on any atom is -0.371 e. The first kappa shape index (κ1) is 13.0. The molecule has 96 valence electrons. The molecule has 1 aliphatic heterocycles. The van der Waals surface area contributed by atoms with Crippen molar-refractivity contribution >= 4 is 33.4 Å². The summed E-state index contributed by atoms with van der Waals surface area (Å²) >= 11 is 3.15. The van der Waals surface area contributed by atoms with Gasteiger partial charge in [0.05, 0.1) is 12.1 Å². The molecular weight excluding hydrogens is 303 g/mol. The summed E-state index contributed by atoms with van der Waals surface area (Å²) in [6, 6.07) is 3.84. The van der Waals surface area contributed by atoms with Gasteiger partial charge in [-0.2, -0.15) is 0 Å². The minimum absolute atomic E-state index is 0.0716. The van der Waals surface area contributed by atoms with E-state index in [9.17, 15) is 14.0 Å². The molecule has 0 aromatic heterocycles. The second kappa shape index (κ2) is 5.06. The van der Waals surface area contributed by atoms with Crippen LogP contribution in [0.3, 0.4) is 0 Å². The summed E-state index contributed by atoms with van der Waals surface area (Å²) in [5.41, 5.74) is 0.224. The number of amides is 2. The molecule has 1 fully saturated rings. The lowest BCUT2D eigenvalue weighted by Gasteiger charge is -2.14. The van der Waals surface area contributed by atoms with Gasteiger partial charge in [0.15, 0.2) is 0 Å². The number of hydrogen-bond donors (Lipinski definition) is 1. The first-order chi connectivity index (χ1) is 8.52. The van der Waals surface area contributed by atoms with Crippen LogP contribution in [0, 0.1) is 5.82 Å². The molecule has 0 saturated carbocycles. The van der Waals surface area contributed by atoms with Gasteiger partial charge in [-0.3, -0.25) is 14.5 Å². The van der Waals surface area contributed by atoms with E-state index in [1.54, 1.807) is 13.0 Å². The zero-order chi connectivity index (χ0) is 13.3. The lowest BCUT2D eigenvalue weighted by molar-refractivity contribution is -0.138. The van der Waals surface area contributed by atoms with E-state index in [1.807, 2.05) is 0 Å². The Labute approximate surface area is 112 Å². The Kier molecular flexibility index (Phi) is 3.65. The molecule has 1 N–H and O–H groups in total. The van der Waals surface area contributed by atoms with Crippen molar-refractivity contribution < 1.29 is 14.0 Å². The van der Waals surface area contributed by atoms with E-state index in [2.05, 4.69) is 21.2 Å². The van der Waals surface area contributed by atoms with Crippen LogP contribution in [-0.2, 0) is 9.59 Å². The van der Waals surface area contributed by atoms with E-state index in [0.717, 1.165) is 0 Å². The van der Waals surface area contributed by atoms with Crippen LogP contribution in [0.2, 0.25) is 0 Å². The zero-order valence-corrected chi connectivity index (χ0v) is 11.3. The Morgan fingerprint density at radius 2 is 2.22 bits per heavy atom. The number of carbonyl (C=O) groups excluding carboxylic acids is 2. The summed E-state index contributed by atoms with van der Waals surface area (Å²) in [7, 11) is 0. The number of benzene rings is 1. The molecule has 18 heavy (non-hydrogen) atoms. The van der Waals surface area contributed by atoms with Crippen molar-refractivity contribution in [1.29, 1.82) is 0 Å². The topological polar surface area (TPSA) is 49.4 Å². The van der Waals surface area contributed by atoms with E-state index in [4.69, 9.17) is 0 Å². The highest BCUT2D eigenvalue weighted by molar-refractivity contribution is 9.10. The number of likely N-dealkylation sites (tertiary alicyclic amines) is 1. The number of rotatable bonds is 3. The number of carbonyl (C=O) groups is 2. The molecular formula is C12H12BrFN2O2. The van der Waals surface area contributed by atoms with E-state index >= 15 is 0 Å². The molecule has 0 aliphatic carbocycles. The van der Waals surface area contributed by atoms with Crippen LogP contribution >= 0.6 is 15.9 Å². The molecule has 0 spiro atoms. The average molecular weight is 315 g/mol. The van der Waals surface area contributed by atoms with Gasteiger partial charge in [-0.25, -0.2) is 4.39 Å². The van der Waals surface area contributed by atoms with Crippen LogP contribution in [0.5, 0.6) is 0 Å². The Morgan fingerprint density at radius 3 is 2.78 bits per heavy atom. The van der Waals surface area contributed by atoms with Crippen molar-refractivity contribution in [2.24, 2.45) is 0 Å². The predicted molar refractivity (Wildman–Crippen MR) is 68.5 cm³/mol. The summed E-state index contributed by atoms with van der Waals surface area (Å²) in [5, 5.41) is 2.77. The van der Waals surface area contributed by atoms with Gasteiger partial charge in [-0.1, -0.05) is 15.9 Å². The van der Waals surface area contributed by atoms with Crippen molar-refractivity contribution in [3.8, 4) is 0 Å². The number of anilines is 1. The van der Waals surface area contributed by atoms with Gasteiger partial charge in [-0.05, 0) is 25.1 Å². The molecule has 1 saturated heterocycles. The lowest BCUT2D eigenvalue weighted by Crippen LogP contribution is -2.34. The summed E-state index contributed by atoms with van der Waals surface area (Å²) in [6.07, 6.45) is 0.0716. The molecule has 1 aliphatic rings. The van der Waals surface area contributed by atoms with Gasteiger partial charge in [0, 0.05) is 11.0 Å². The van der Waals surface area contributed by atoms with Crippen LogP contribution in [0.25, 0.3) is 0 Å². The molecule has 6 heteroatoms. The van der Waals surface area contributed by atoms with Crippen LogP contribution in [-0.4, -0.2) is 29.3 Å². The highest BCUT2D eigenvalue weighted by Gasteiger charge is 2.37. The molecule has 1 aromatic carbocycles. The summed E-state index contributed by atoms with van der Waals surface area (Å²) in [5.74, 6) is -0.984. The highest BCUT2D eigenvalue weighted by Crippen LogP contribution is 2.23. The molecule has 2 rings (SSSR count). The molecule has 4 nitrogen and oxygen atoms in total. The van der Waals surface area contributed by atoms with Crippen molar-refractivity contribution in [2.75, 3.05) is 11.9 Å². The van der Waals surface area contributed by atoms with Gasteiger partial charge in [0.1, 0.15) is 11.9 Å². The van der Waals surface area contributed by atoms with Crippen molar-refractivity contribution in [1.82, 2.24) is 4.90 Å². The van der Waals surface area contributed by atoms with Crippen LogP contribution in [0.15, 0.2) is 22.7 Å². The third kappa shape index (κ3) is 2.38. The highest BCUT2D eigenvalue weighted by atomic mass is 79.9. The number of imide groups is 1. The Hall–Kier alpha value is -1.43. The number of nitrogens with one attached hydrogen (secondary N) is 1. The largest absolute Gasteiger partial charge is 0.371 e. The Morgan fingerprint density at radius 1 is 1.50 bits per heavy atom. The maximum absolute atomic E-state index is 13.6. The normalized spacial score (nSPS) is 19.5. The third-order valence-electron chi connectivity index (χ3n) is 2.82. The monoisotopic (exact) mass is 314 g/mol. The maximum Gasteiger partial charge on any atom is 0.252 e. The van der Waals surface area contributed by atoms with Gasteiger partial charge < -0.3 is 5.32 Å². The minimum atomic E-state index is -0.673. The first-order valence-electron chi connectivity index (χ1n) is 5.58. The van der Waals surface area contributed by atoms with Crippen molar-refractivity contribution in [3.63, 3.8) is 0 Å². The lowest BCUT2D eigenvalue weighted by atomic mass is 10.2. The van der Waals surface area contributed by atoms with E-state index in [1.165, 1.54) is 17.0 Å². The van der Waals surface area contributed by atoms with Crippen molar-refractivity contribution in [3.05, 3.63) is 28.5 Å². The average Bonchev–Trinajstić information content (AvgIpc) is 2.58. The molecule has 2 amide bonds. The Balaban J connectivity index is 2.15. The standard InChI is InChI=1S/C12H12BrFN2O2/c1-2-16-11(17)6-10(12(16)18)15-9-4-3-7(13)5-8(9)14/h3-5,10,15H,2,6H2,1H3. The van der Waals surface area contributed by atoms with Gasteiger partial charge in [0.25, 0.3) is 5.91 Å². The third-order valence-corrected chi connectivity index (χ3v) is 3.31. The van der Waals surface area contributed by atoms with Gasteiger partial charge in [-0.15, -0.1) is 0 Å². The quantitative estimate of drug-likeness (QED) is 0.870. The maximum atomic E-state index is 13.6. The van der Waals surface area contributed by atoms with Gasteiger partial charge in [0.2, 0.25) is 5.91 Å². The summed E-state index contributed by atoms with van der Waals surface area (Å²) < 4.78 is 14.2. The fraction of sp³-hybridized carbons (Fsp3) is 0.333. The van der Waals surface area contributed by atoms with E-state index in [-0.39, 0.29) is 23.9 Å². The molecule has 0 bridgehead atoms. The Bertz CT molecular complexity index is 507. The van der Waals surface area contributed by atoms with Crippen LogP contribution in [0.4, 0.5) is 10.1 Å². The molecule has 1 heterocycles. The number of halogens is 2. The smallest absolute Gasteiger partial charge is 0.252 e. The van der Waals surface area contributed by atoms with Gasteiger partial charge >= 0.3 is 0 Å². The SMILES string of the molecule is CCN1C(=O)CC(Nc2ccc(Br)cc2F)C1=O. The molecule has 0 radical (unpaired) electrons. The fourth-order valence-electron chi connectivity index (χ4n) is 1.92. The number of hydrogen-bond acceptors (Lipinski definition) is 3. The summed E-state index contributed by atoms with van der Waals surface area (Å²) in [6.45, 7) is 2.08. The van der Waals surface area contributed by atoms with Crippen molar-refractivity contribution in [2.45, 2.75) is 19.4 Å². The van der Waals surface area contributed by atoms with E-state index < -0.39 is 11.9 Å². The number of likely N-dealkylation sites (N-methyl/N-ethyl adjacent to an activating group) is 1. The fourth-order valence-corrected chi connectivity index (χ4v) is 2.26. The van der Waals surface area contributed by atoms with E-state index in [0.29, 0.717) is 11.0 Å². The molecule has 1 unspecified atom stereocenters. The molecule has 1 atom stereocenters. The molecule has 1 aromatic rings. The predicted octanol–water partition coefficient (Wildman–Crippen LogP) is 2.15. The zero-order valence-electron chi connectivity index (χ0n) is 9.74. The first-order valence-corrected chi connectivity index (χ1v) is 6.38. The summed E-state index contributed by atoms with van der Waals surface area (Å²) in [4.78, 5) is 24.5.